The number of hydrazone groups is 1. The summed E-state index contributed by atoms with van der Waals surface area (Å²) in [7, 11) is 0. The number of aryl methyl sites for hydroxylation is 1. The van der Waals surface area contributed by atoms with Crippen LogP contribution in [0.2, 0.25) is 0 Å². The van der Waals surface area contributed by atoms with Gasteiger partial charge in [-0.1, -0.05) is 0 Å². The maximum Gasteiger partial charge on any atom is 0.332 e. The van der Waals surface area contributed by atoms with Gasteiger partial charge in [0.05, 0.1) is 18.6 Å². The number of fused-ring (bicyclic) bond motifs is 1. The lowest BCUT2D eigenvalue weighted by Gasteiger charge is -2.10. The number of hydrogen-bond acceptors (Lipinski definition) is 6. The predicted molar refractivity (Wildman–Crippen MR) is 104 cm³/mol. The number of nitrogens with zero attached hydrogens (tertiary/aromatic N) is 6. The quantitative estimate of drug-likeness (QED) is 0.494. The topological polar surface area (TPSA) is 116 Å². The summed E-state index contributed by atoms with van der Waals surface area (Å²) in [5, 5.41) is 4.09. The molecule has 146 valence electrons. The normalized spacial score (nSPS) is 11.8. The lowest BCUT2D eigenvalue weighted by atomic mass is 10.3. The minimum absolute atomic E-state index is 0.244. The summed E-state index contributed by atoms with van der Waals surface area (Å²) in [6.07, 6.45) is 4.55. The highest BCUT2D eigenvalue weighted by molar-refractivity contribution is 5.95. The van der Waals surface area contributed by atoms with Crippen LogP contribution in [0.4, 0.5) is 0 Å². The summed E-state index contributed by atoms with van der Waals surface area (Å²) in [5.74, 6) is -0.356. The van der Waals surface area contributed by atoms with Gasteiger partial charge in [-0.3, -0.25) is 23.7 Å². The van der Waals surface area contributed by atoms with E-state index in [1.165, 1.54) is 27.9 Å². The molecule has 10 nitrogen and oxygen atoms in total. The van der Waals surface area contributed by atoms with Crippen LogP contribution < -0.4 is 16.7 Å². The lowest BCUT2D eigenvalue weighted by molar-refractivity contribution is 0.0954. The molecule has 0 atom stereocenters. The molecule has 0 saturated heterocycles. The SMILES string of the molecule is CCn1c(=O)c2c(ncn2CC(C)=NNC(=O)c2ccncc2)n(CC)c1=O. The van der Waals surface area contributed by atoms with Crippen LogP contribution in [-0.2, 0) is 19.6 Å². The molecule has 0 fully saturated rings. The summed E-state index contributed by atoms with van der Waals surface area (Å²) in [4.78, 5) is 45.3. The summed E-state index contributed by atoms with van der Waals surface area (Å²) < 4.78 is 4.28. The Kier molecular flexibility index (Phi) is 5.48. The van der Waals surface area contributed by atoms with Crippen LogP contribution >= 0.6 is 0 Å². The van der Waals surface area contributed by atoms with Gasteiger partial charge in [0.25, 0.3) is 11.5 Å². The third-order valence-electron chi connectivity index (χ3n) is 4.31. The number of aromatic nitrogens is 5. The summed E-state index contributed by atoms with van der Waals surface area (Å²) in [6.45, 7) is 6.22. The Morgan fingerprint density at radius 1 is 1.14 bits per heavy atom. The van der Waals surface area contributed by atoms with E-state index in [1.54, 1.807) is 30.5 Å². The molecule has 0 saturated carbocycles. The minimum Gasteiger partial charge on any atom is -0.319 e. The highest BCUT2D eigenvalue weighted by Gasteiger charge is 2.16. The standard InChI is InChI=1S/C18H21N7O3/c1-4-24-15-14(17(27)25(5-2)18(24)28)23(11-20-15)10-12(3)21-22-16(26)13-6-8-19-9-7-13/h6-9,11H,4-5,10H2,1-3H3,(H,22,26). The van der Waals surface area contributed by atoms with E-state index in [0.29, 0.717) is 29.0 Å². The van der Waals surface area contributed by atoms with Crippen LogP contribution in [0.1, 0.15) is 31.1 Å². The molecular weight excluding hydrogens is 362 g/mol. The zero-order valence-corrected chi connectivity index (χ0v) is 15.9. The van der Waals surface area contributed by atoms with Gasteiger partial charge in [0.1, 0.15) is 0 Å². The molecule has 0 aliphatic heterocycles. The number of carbonyl (C=O) groups excluding carboxylic acids is 1. The zero-order chi connectivity index (χ0) is 20.3. The molecule has 0 bridgehead atoms. The van der Waals surface area contributed by atoms with Gasteiger partial charge in [-0.15, -0.1) is 0 Å². The van der Waals surface area contributed by atoms with E-state index < -0.39 is 5.56 Å². The molecule has 10 heteroatoms. The third-order valence-corrected chi connectivity index (χ3v) is 4.31. The molecule has 0 aliphatic rings. The molecule has 0 spiro atoms. The number of pyridine rings is 1. The van der Waals surface area contributed by atoms with Crippen molar-refractivity contribution in [3.8, 4) is 0 Å². The van der Waals surface area contributed by atoms with E-state index in [1.807, 2.05) is 6.92 Å². The van der Waals surface area contributed by atoms with Crippen LogP contribution in [0, 0.1) is 0 Å². The summed E-state index contributed by atoms with van der Waals surface area (Å²) in [6, 6.07) is 3.17. The Morgan fingerprint density at radius 2 is 1.82 bits per heavy atom. The van der Waals surface area contributed by atoms with Crippen LogP contribution in [-0.4, -0.2) is 35.3 Å². The Bertz CT molecular complexity index is 1160. The van der Waals surface area contributed by atoms with E-state index in [0.717, 1.165) is 0 Å². The fraction of sp³-hybridized carbons (Fsp3) is 0.333. The Balaban J connectivity index is 1.91. The first-order valence-corrected chi connectivity index (χ1v) is 8.89. The number of nitrogens with one attached hydrogen (secondary N) is 1. The van der Waals surface area contributed by atoms with E-state index in [-0.39, 0.29) is 24.7 Å². The Morgan fingerprint density at radius 3 is 2.46 bits per heavy atom. The largest absolute Gasteiger partial charge is 0.332 e. The van der Waals surface area contributed by atoms with Crippen molar-refractivity contribution in [2.45, 2.75) is 40.4 Å². The van der Waals surface area contributed by atoms with Crippen LogP contribution in [0.25, 0.3) is 11.2 Å². The van der Waals surface area contributed by atoms with Crippen molar-refractivity contribution in [2.75, 3.05) is 0 Å². The lowest BCUT2D eigenvalue weighted by Crippen LogP contribution is -2.40. The van der Waals surface area contributed by atoms with E-state index in [9.17, 15) is 14.4 Å². The number of imidazole rings is 1. The number of hydrogen-bond donors (Lipinski definition) is 1. The van der Waals surface area contributed by atoms with Crippen molar-refractivity contribution in [2.24, 2.45) is 5.10 Å². The number of rotatable bonds is 6. The average Bonchev–Trinajstić information content (AvgIpc) is 3.11. The molecule has 3 rings (SSSR count). The van der Waals surface area contributed by atoms with Gasteiger partial charge < -0.3 is 4.57 Å². The van der Waals surface area contributed by atoms with Crippen LogP contribution in [0.3, 0.4) is 0 Å². The Hall–Kier alpha value is -3.56. The number of carbonyl (C=O) groups is 1. The van der Waals surface area contributed by atoms with Gasteiger partial charge in [-0.05, 0) is 32.9 Å². The molecule has 1 amide bonds. The summed E-state index contributed by atoms with van der Waals surface area (Å²) >= 11 is 0. The highest BCUT2D eigenvalue weighted by atomic mass is 16.2. The highest BCUT2D eigenvalue weighted by Crippen LogP contribution is 2.07. The number of amides is 1. The van der Waals surface area contributed by atoms with Crippen LogP contribution in [0.5, 0.6) is 0 Å². The molecule has 28 heavy (non-hydrogen) atoms. The summed E-state index contributed by atoms with van der Waals surface area (Å²) in [5.41, 5.74) is 3.40. The smallest absolute Gasteiger partial charge is 0.319 e. The minimum atomic E-state index is -0.390. The molecule has 3 aromatic heterocycles. The molecule has 3 heterocycles. The van der Waals surface area contributed by atoms with Crippen molar-refractivity contribution in [3.05, 3.63) is 57.3 Å². The first-order valence-electron chi connectivity index (χ1n) is 8.89. The Labute approximate surface area is 160 Å². The van der Waals surface area contributed by atoms with E-state index >= 15 is 0 Å². The van der Waals surface area contributed by atoms with E-state index in [4.69, 9.17) is 0 Å². The average molecular weight is 383 g/mol. The van der Waals surface area contributed by atoms with Gasteiger partial charge in [0, 0.05) is 31.0 Å². The van der Waals surface area contributed by atoms with Crippen molar-refractivity contribution in [3.63, 3.8) is 0 Å². The van der Waals surface area contributed by atoms with Gasteiger partial charge in [0.2, 0.25) is 0 Å². The van der Waals surface area contributed by atoms with Gasteiger partial charge in [-0.25, -0.2) is 15.2 Å². The maximum atomic E-state index is 12.7. The van der Waals surface area contributed by atoms with E-state index in [2.05, 4.69) is 20.5 Å². The maximum absolute atomic E-state index is 12.7. The molecule has 0 radical (unpaired) electrons. The van der Waals surface area contributed by atoms with Gasteiger partial charge in [-0.2, -0.15) is 5.10 Å². The van der Waals surface area contributed by atoms with Gasteiger partial charge in [0.15, 0.2) is 11.2 Å². The van der Waals surface area contributed by atoms with Crippen molar-refractivity contribution in [1.29, 1.82) is 0 Å². The molecule has 3 aromatic rings. The van der Waals surface area contributed by atoms with Crippen molar-refractivity contribution >= 4 is 22.8 Å². The zero-order valence-electron chi connectivity index (χ0n) is 15.9. The first-order chi connectivity index (χ1) is 13.5. The molecule has 0 unspecified atom stereocenters. The second-order valence-corrected chi connectivity index (χ2v) is 6.14. The van der Waals surface area contributed by atoms with Crippen LogP contribution in [0.15, 0.2) is 45.5 Å². The van der Waals surface area contributed by atoms with Crippen molar-refractivity contribution < 1.29 is 4.79 Å². The monoisotopic (exact) mass is 383 g/mol. The van der Waals surface area contributed by atoms with Gasteiger partial charge >= 0.3 is 5.69 Å². The molecule has 0 aromatic carbocycles. The fourth-order valence-electron chi connectivity index (χ4n) is 2.92. The fourth-order valence-corrected chi connectivity index (χ4v) is 2.92. The first kappa shape index (κ1) is 19.2. The second-order valence-electron chi connectivity index (χ2n) is 6.14. The predicted octanol–water partition coefficient (Wildman–Crippen LogP) is 0.600. The second kappa shape index (κ2) is 7.99. The van der Waals surface area contributed by atoms with Crippen molar-refractivity contribution in [1.82, 2.24) is 29.1 Å². The third kappa shape index (κ3) is 3.48. The molecular formula is C18H21N7O3. The molecule has 1 N–H and O–H groups in total. The molecule has 0 aliphatic carbocycles.